The molecule has 0 fully saturated rings. The van der Waals surface area contributed by atoms with Crippen LogP contribution in [0.4, 0.5) is 5.69 Å². The monoisotopic (exact) mass is 407 g/mol. The molecule has 28 heavy (non-hydrogen) atoms. The number of carbonyl (C=O) groups excluding carboxylic acids is 2. The number of anilines is 1. The predicted octanol–water partition coefficient (Wildman–Crippen LogP) is 1.83. The Morgan fingerprint density at radius 3 is 2.29 bits per heavy atom. The lowest BCUT2D eigenvalue weighted by Gasteiger charge is -2.19. The molecule has 2 aromatic rings. The van der Waals surface area contributed by atoms with Crippen molar-refractivity contribution < 1.29 is 37.0 Å². The van der Waals surface area contributed by atoms with E-state index < -0.39 is 26.9 Å². The summed E-state index contributed by atoms with van der Waals surface area (Å²) in [5.41, 5.74) is -0.0542. The number of sulfonamides is 1. The van der Waals surface area contributed by atoms with Crippen molar-refractivity contribution in [2.24, 2.45) is 0 Å². The molecule has 0 radical (unpaired) electrons. The molecule has 0 saturated carbocycles. The van der Waals surface area contributed by atoms with Crippen molar-refractivity contribution in [3.63, 3.8) is 0 Å². The second-order valence-electron chi connectivity index (χ2n) is 5.66. The Morgan fingerprint density at radius 2 is 1.61 bits per heavy atom. The molecule has 148 valence electrons. The third-order valence-corrected chi connectivity index (χ3v) is 5.31. The number of methoxy groups -OCH3 is 2. The van der Waals surface area contributed by atoms with Gasteiger partial charge in [0.05, 0.1) is 31.0 Å². The van der Waals surface area contributed by atoms with Gasteiger partial charge in [0, 0.05) is 6.07 Å². The minimum atomic E-state index is -4.24. The van der Waals surface area contributed by atoms with E-state index in [9.17, 15) is 18.0 Å². The topological polar surface area (TPSA) is 117 Å². The fourth-order valence-electron chi connectivity index (χ4n) is 2.59. The molecular weight excluding hydrogens is 390 g/mol. The van der Waals surface area contributed by atoms with Crippen molar-refractivity contribution in [2.75, 3.05) is 32.2 Å². The molecule has 2 aromatic carbocycles. The average molecular weight is 407 g/mol. The van der Waals surface area contributed by atoms with Crippen LogP contribution in [0.5, 0.6) is 11.5 Å². The van der Waals surface area contributed by atoms with Gasteiger partial charge < -0.3 is 18.9 Å². The first-order valence-corrected chi connectivity index (χ1v) is 9.57. The van der Waals surface area contributed by atoms with Gasteiger partial charge in [-0.05, 0) is 30.3 Å². The van der Waals surface area contributed by atoms with Gasteiger partial charge in [0.1, 0.15) is 18.1 Å². The minimum Gasteiger partial charge on any atom is -0.486 e. The van der Waals surface area contributed by atoms with E-state index >= 15 is 0 Å². The van der Waals surface area contributed by atoms with Gasteiger partial charge in [0.2, 0.25) is 0 Å². The average Bonchev–Trinajstić information content (AvgIpc) is 2.71. The third-order valence-electron chi connectivity index (χ3n) is 3.89. The molecule has 1 heterocycles. The largest absolute Gasteiger partial charge is 0.486 e. The van der Waals surface area contributed by atoms with Crippen molar-refractivity contribution >= 4 is 27.6 Å². The minimum absolute atomic E-state index is 0.0299. The van der Waals surface area contributed by atoms with Crippen molar-refractivity contribution in [2.45, 2.75) is 4.90 Å². The molecule has 0 spiro atoms. The lowest BCUT2D eigenvalue weighted by atomic mass is 10.1. The summed E-state index contributed by atoms with van der Waals surface area (Å²) in [7, 11) is -1.95. The van der Waals surface area contributed by atoms with E-state index in [1.54, 1.807) is 6.07 Å². The molecule has 10 heteroatoms. The SMILES string of the molecule is COC(=O)c1ccc(C(=O)OC)c(S(=O)(=O)Nc2ccc3c(c2)OCCO3)c1. The highest BCUT2D eigenvalue weighted by molar-refractivity contribution is 7.92. The molecule has 0 atom stereocenters. The van der Waals surface area contributed by atoms with Gasteiger partial charge in [-0.3, -0.25) is 4.72 Å². The number of carbonyl (C=O) groups is 2. The summed E-state index contributed by atoms with van der Waals surface area (Å²) in [4.78, 5) is 23.4. The zero-order valence-corrected chi connectivity index (χ0v) is 15.9. The second kappa shape index (κ2) is 7.77. The molecular formula is C18H17NO8S. The second-order valence-corrected chi connectivity index (χ2v) is 7.31. The van der Waals surface area contributed by atoms with Crippen LogP contribution in [0.1, 0.15) is 20.7 Å². The molecule has 0 unspecified atom stereocenters. The normalized spacial score (nSPS) is 12.8. The molecule has 3 rings (SSSR count). The van der Waals surface area contributed by atoms with Crippen LogP contribution in [-0.4, -0.2) is 47.8 Å². The van der Waals surface area contributed by atoms with Crippen molar-refractivity contribution in [1.82, 2.24) is 0 Å². The number of hydrogen-bond donors (Lipinski definition) is 1. The summed E-state index contributed by atoms with van der Waals surface area (Å²) in [6, 6.07) is 8.05. The molecule has 0 aromatic heterocycles. The first-order valence-electron chi connectivity index (χ1n) is 8.09. The van der Waals surface area contributed by atoms with Crippen LogP contribution in [0.15, 0.2) is 41.3 Å². The van der Waals surface area contributed by atoms with E-state index in [1.165, 1.54) is 24.3 Å². The Morgan fingerprint density at radius 1 is 0.929 bits per heavy atom. The zero-order valence-electron chi connectivity index (χ0n) is 15.1. The van der Waals surface area contributed by atoms with Crippen molar-refractivity contribution in [3.05, 3.63) is 47.5 Å². The Labute approximate surface area is 161 Å². The summed E-state index contributed by atoms with van der Waals surface area (Å²) in [5.74, 6) is -0.716. The first-order chi connectivity index (χ1) is 13.4. The highest BCUT2D eigenvalue weighted by Gasteiger charge is 2.26. The van der Waals surface area contributed by atoms with Crippen LogP contribution in [0.25, 0.3) is 0 Å². The van der Waals surface area contributed by atoms with Gasteiger partial charge in [0.25, 0.3) is 10.0 Å². The first kappa shape index (κ1) is 19.5. The summed E-state index contributed by atoms with van der Waals surface area (Å²) in [6.07, 6.45) is 0. The zero-order chi connectivity index (χ0) is 20.3. The Balaban J connectivity index is 2.02. The molecule has 0 saturated heterocycles. The molecule has 0 aliphatic carbocycles. The Kier molecular flexibility index (Phi) is 5.41. The Bertz CT molecular complexity index is 1030. The maximum Gasteiger partial charge on any atom is 0.339 e. The van der Waals surface area contributed by atoms with Crippen LogP contribution in [0.2, 0.25) is 0 Å². The van der Waals surface area contributed by atoms with Crippen LogP contribution >= 0.6 is 0 Å². The maximum atomic E-state index is 12.9. The summed E-state index contributed by atoms with van der Waals surface area (Å²) in [6.45, 7) is 0.748. The number of esters is 2. The van der Waals surface area contributed by atoms with Crippen LogP contribution in [-0.2, 0) is 19.5 Å². The number of nitrogens with one attached hydrogen (secondary N) is 1. The van der Waals surface area contributed by atoms with Gasteiger partial charge in [0.15, 0.2) is 11.5 Å². The van der Waals surface area contributed by atoms with Crippen molar-refractivity contribution in [3.8, 4) is 11.5 Å². The van der Waals surface area contributed by atoms with Crippen LogP contribution in [0.3, 0.4) is 0 Å². The molecule has 1 aliphatic rings. The van der Waals surface area contributed by atoms with E-state index in [2.05, 4.69) is 14.2 Å². The van der Waals surface area contributed by atoms with E-state index in [-0.39, 0.29) is 16.8 Å². The standard InChI is InChI=1S/C18H17NO8S/c1-24-17(20)11-3-5-13(18(21)25-2)16(9-11)28(22,23)19-12-4-6-14-15(10-12)27-8-7-26-14/h3-6,9-10,19H,7-8H2,1-2H3. The highest BCUT2D eigenvalue weighted by atomic mass is 32.2. The molecule has 1 N–H and O–H groups in total. The van der Waals surface area contributed by atoms with Gasteiger partial charge in [-0.15, -0.1) is 0 Å². The van der Waals surface area contributed by atoms with Gasteiger partial charge in [-0.2, -0.15) is 0 Å². The molecule has 1 aliphatic heterocycles. The van der Waals surface area contributed by atoms with E-state index in [4.69, 9.17) is 9.47 Å². The van der Waals surface area contributed by atoms with Crippen molar-refractivity contribution in [1.29, 1.82) is 0 Å². The lowest BCUT2D eigenvalue weighted by Crippen LogP contribution is -2.19. The molecule has 9 nitrogen and oxygen atoms in total. The Hall–Kier alpha value is -3.27. The fraction of sp³-hybridized carbons (Fsp3) is 0.222. The van der Waals surface area contributed by atoms with E-state index in [0.29, 0.717) is 24.7 Å². The summed E-state index contributed by atoms with van der Waals surface area (Å²) >= 11 is 0. The quantitative estimate of drug-likeness (QED) is 0.746. The molecule has 0 amide bonds. The van der Waals surface area contributed by atoms with Crippen LogP contribution < -0.4 is 14.2 Å². The maximum absolute atomic E-state index is 12.9. The number of fused-ring (bicyclic) bond motifs is 1. The highest BCUT2D eigenvalue weighted by Crippen LogP contribution is 2.33. The number of benzene rings is 2. The van der Waals surface area contributed by atoms with Gasteiger partial charge in [-0.1, -0.05) is 0 Å². The van der Waals surface area contributed by atoms with E-state index in [0.717, 1.165) is 20.3 Å². The van der Waals surface area contributed by atoms with Crippen LogP contribution in [0, 0.1) is 0 Å². The van der Waals surface area contributed by atoms with Gasteiger partial charge in [-0.25, -0.2) is 18.0 Å². The summed E-state index contributed by atoms with van der Waals surface area (Å²) < 4.78 is 48.3. The third kappa shape index (κ3) is 3.86. The molecule has 0 bridgehead atoms. The number of ether oxygens (including phenoxy) is 4. The fourth-order valence-corrected chi connectivity index (χ4v) is 3.86. The number of rotatable bonds is 5. The predicted molar refractivity (Wildman–Crippen MR) is 97.4 cm³/mol. The van der Waals surface area contributed by atoms with Gasteiger partial charge >= 0.3 is 11.9 Å². The summed E-state index contributed by atoms with van der Waals surface area (Å²) in [5, 5.41) is 0. The smallest absolute Gasteiger partial charge is 0.339 e. The lowest BCUT2D eigenvalue weighted by molar-refractivity contribution is 0.0583. The number of hydrogen-bond acceptors (Lipinski definition) is 8. The van der Waals surface area contributed by atoms with E-state index in [1.807, 2.05) is 0 Å².